The van der Waals surface area contributed by atoms with Crippen LogP contribution in [0.15, 0.2) is 6.20 Å². The van der Waals surface area contributed by atoms with Crippen molar-refractivity contribution in [2.45, 2.75) is 46.0 Å². The van der Waals surface area contributed by atoms with Crippen molar-refractivity contribution in [3.05, 3.63) is 23.3 Å². The Morgan fingerprint density at radius 1 is 1.35 bits per heavy atom. The molecule has 1 N–H and O–H groups in total. The number of hydrogen-bond acceptors (Lipinski definition) is 6. The number of nitrogens with one attached hydrogen (secondary N) is 1. The van der Waals surface area contributed by atoms with Crippen LogP contribution in [0, 0.1) is 0 Å². The van der Waals surface area contributed by atoms with Crippen molar-refractivity contribution in [3.63, 3.8) is 0 Å². The smallest absolute Gasteiger partial charge is 0.285 e. The van der Waals surface area contributed by atoms with Crippen LogP contribution in [-0.2, 0) is 18.3 Å². The van der Waals surface area contributed by atoms with E-state index < -0.39 is 0 Å². The molecule has 0 radical (unpaired) electrons. The standard InChI is InChI=1S/C16H20N4OS2/c1-5-22-15(21)20-14-18-10-7-6-9-8-17-13(16(2,3)4)19-11(9)12(10)23-14/h8H,5-7H2,1-4H3,(H,18,20,21). The third-order valence-electron chi connectivity index (χ3n) is 3.56. The van der Waals surface area contributed by atoms with E-state index in [0.29, 0.717) is 5.13 Å². The minimum Gasteiger partial charge on any atom is -0.293 e. The summed E-state index contributed by atoms with van der Waals surface area (Å²) in [6.07, 6.45) is 3.71. The minimum absolute atomic E-state index is 0.0584. The Balaban J connectivity index is 1.96. The lowest BCUT2D eigenvalue weighted by Gasteiger charge is -2.20. The lowest BCUT2D eigenvalue weighted by molar-refractivity contribution is 0.270. The maximum Gasteiger partial charge on any atom is 0.285 e. The highest BCUT2D eigenvalue weighted by Crippen LogP contribution is 2.39. The molecule has 0 saturated carbocycles. The molecule has 0 bridgehead atoms. The monoisotopic (exact) mass is 348 g/mol. The van der Waals surface area contributed by atoms with Gasteiger partial charge in [0.15, 0.2) is 5.13 Å². The van der Waals surface area contributed by atoms with Crippen LogP contribution in [0.4, 0.5) is 9.93 Å². The van der Waals surface area contributed by atoms with Gasteiger partial charge in [0.05, 0.1) is 16.3 Å². The van der Waals surface area contributed by atoms with Crippen LogP contribution in [0.25, 0.3) is 10.6 Å². The SMILES string of the molecule is CCSC(=O)Nc1nc2c(s1)-c1nc(C(C)(C)C)ncc1CC2. The predicted octanol–water partition coefficient (Wildman–Crippen LogP) is 4.28. The summed E-state index contributed by atoms with van der Waals surface area (Å²) in [6, 6.07) is 0. The quantitative estimate of drug-likeness (QED) is 0.877. The van der Waals surface area contributed by atoms with E-state index in [0.717, 1.165) is 46.2 Å². The van der Waals surface area contributed by atoms with Gasteiger partial charge in [0.25, 0.3) is 5.24 Å². The van der Waals surface area contributed by atoms with E-state index in [1.807, 2.05) is 13.1 Å². The van der Waals surface area contributed by atoms with Gasteiger partial charge in [-0.2, -0.15) is 0 Å². The number of carbonyl (C=O) groups excluding carboxylic acids is 1. The number of carbonyl (C=O) groups is 1. The summed E-state index contributed by atoms with van der Waals surface area (Å²) in [7, 11) is 0. The molecule has 0 saturated heterocycles. The summed E-state index contributed by atoms with van der Waals surface area (Å²) in [5, 5.41) is 3.46. The molecule has 2 aromatic rings. The molecule has 0 aliphatic heterocycles. The average molecular weight is 348 g/mol. The van der Waals surface area contributed by atoms with Gasteiger partial charge in [0.1, 0.15) is 5.82 Å². The van der Waals surface area contributed by atoms with Gasteiger partial charge >= 0.3 is 0 Å². The largest absolute Gasteiger partial charge is 0.293 e. The van der Waals surface area contributed by atoms with E-state index in [1.54, 1.807) is 0 Å². The summed E-state index contributed by atoms with van der Waals surface area (Å²) in [6.45, 7) is 8.29. The highest BCUT2D eigenvalue weighted by molar-refractivity contribution is 8.13. The number of hydrogen-bond donors (Lipinski definition) is 1. The van der Waals surface area contributed by atoms with Crippen molar-refractivity contribution in [3.8, 4) is 10.6 Å². The zero-order chi connectivity index (χ0) is 16.6. The highest BCUT2D eigenvalue weighted by Gasteiger charge is 2.26. The van der Waals surface area contributed by atoms with Gasteiger partial charge in [-0.05, 0) is 24.2 Å². The topological polar surface area (TPSA) is 67.8 Å². The van der Waals surface area contributed by atoms with Crippen LogP contribution in [-0.4, -0.2) is 25.9 Å². The summed E-state index contributed by atoms with van der Waals surface area (Å²) in [5.41, 5.74) is 3.08. The molecule has 2 aromatic heterocycles. The third kappa shape index (κ3) is 3.40. The second-order valence-electron chi connectivity index (χ2n) is 6.46. The maximum absolute atomic E-state index is 11.7. The van der Waals surface area contributed by atoms with Crippen molar-refractivity contribution in [1.29, 1.82) is 0 Å². The van der Waals surface area contributed by atoms with E-state index in [-0.39, 0.29) is 10.7 Å². The summed E-state index contributed by atoms with van der Waals surface area (Å²) < 4.78 is 0. The molecule has 2 heterocycles. The number of amides is 1. The molecule has 1 aliphatic carbocycles. The molecule has 122 valence electrons. The minimum atomic E-state index is -0.0911. The Kier molecular flexibility index (Phi) is 4.42. The van der Waals surface area contributed by atoms with Crippen molar-refractivity contribution in [2.75, 3.05) is 11.1 Å². The molecular weight excluding hydrogens is 328 g/mol. The molecule has 1 amide bonds. The first-order valence-electron chi connectivity index (χ1n) is 7.68. The number of aryl methyl sites for hydroxylation is 2. The van der Waals surface area contributed by atoms with Crippen molar-refractivity contribution in [1.82, 2.24) is 15.0 Å². The third-order valence-corrected chi connectivity index (χ3v) is 5.24. The van der Waals surface area contributed by atoms with Crippen molar-refractivity contribution < 1.29 is 4.79 Å². The molecule has 23 heavy (non-hydrogen) atoms. The van der Waals surface area contributed by atoms with E-state index in [1.165, 1.54) is 23.1 Å². The Labute approximate surface area is 144 Å². The summed E-state index contributed by atoms with van der Waals surface area (Å²) >= 11 is 2.76. The normalized spacial score (nSPS) is 13.4. The van der Waals surface area contributed by atoms with Crippen LogP contribution in [0.5, 0.6) is 0 Å². The second-order valence-corrected chi connectivity index (χ2v) is 8.69. The molecule has 0 aromatic carbocycles. The highest BCUT2D eigenvalue weighted by atomic mass is 32.2. The number of fused-ring (bicyclic) bond motifs is 3. The van der Waals surface area contributed by atoms with Gasteiger partial charge in [-0.3, -0.25) is 10.1 Å². The zero-order valence-corrected chi connectivity index (χ0v) is 15.4. The fourth-order valence-electron chi connectivity index (χ4n) is 2.41. The zero-order valence-electron chi connectivity index (χ0n) is 13.8. The fourth-order valence-corrected chi connectivity index (χ4v) is 3.94. The first-order valence-corrected chi connectivity index (χ1v) is 9.49. The van der Waals surface area contributed by atoms with Gasteiger partial charge in [0, 0.05) is 11.6 Å². The Hall–Kier alpha value is -1.47. The number of anilines is 1. The number of thiazole rings is 1. The van der Waals surface area contributed by atoms with Gasteiger partial charge in [-0.1, -0.05) is 50.8 Å². The van der Waals surface area contributed by atoms with Crippen molar-refractivity contribution in [2.24, 2.45) is 0 Å². The Morgan fingerprint density at radius 2 is 2.13 bits per heavy atom. The Bertz CT molecular complexity index is 749. The number of thioether (sulfide) groups is 1. The van der Waals surface area contributed by atoms with Gasteiger partial charge < -0.3 is 0 Å². The lowest BCUT2D eigenvalue weighted by atomic mass is 9.94. The number of nitrogens with zero attached hydrogens (tertiary/aromatic N) is 3. The molecule has 1 aliphatic rings. The first-order chi connectivity index (χ1) is 10.9. The van der Waals surface area contributed by atoms with Crippen LogP contribution < -0.4 is 5.32 Å². The molecular formula is C16H20N4OS2. The predicted molar refractivity (Wildman–Crippen MR) is 96.4 cm³/mol. The maximum atomic E-state index is 11.7. The van der Waals surface area contributed by atoms with Crippen molar-refractivity contribution >= 4 is 33.5 Å². The van der Waals surface area contributed by atoms with E-state index in [2.05, 4.69) is 36.1 Å². The molecule has 0 fully saturated rings. The van der Waals surface area contributed by atoms with Gasteiger partial charge in [-0.15, -0.1) is 0 Å². The average Bonchev–Trinajstić information content (AvgIpc) is 2.88. The van der Waals surface area contributed by atoms with E-state index in [4.69, 9.17) is 4.98 Å². The van der Waals surface area contributed by atoms with Crippen LogP contribution >= 0.6 is 23.1 Å². The molecule has 0 spiro atoms. The number of rotatable bonds is 2. The molecule has 0 atom stereocenters. The second kappa shape index (κ2) is 6.20. The van der Waals surface area contributed by atoms with E-state index >= 15 is 0 Å². The Morgan fingerprint density at radius 3 is 2.83 bits per heavy atom. The molecule has 5 nitrogen and oxygen atoms in total. The summed E-state index contributed by atoms with van der Waals surface area (Å²) in [5.74, 6) is 1.59. The fraction of sp³-hybridized carbons (Fsp3) is 0.500. The lowest BCUT2D eigenvalue weighted by Crippen LogP contribution is -2.18. The van der Waals surface area contributed by atoms with Gasteiger partial charge in [0.2, 0.25) is 0 Å². The molecule has 0 unspecified atom stereocenters. The summed E-state index contributed by atoms with van der Waals surface area (Å²) in [4.78, 5) is 26.7. The van der Waals surface area contributed by atoms with Crippen LogP contribution in [0.1, 0.15) is 44.8 Å². The number of aromatic nitrogens is 3. The first kappa shape index (κ1) is 16.4. The molecule has 7 heteroatoms. The van der Waals surface area contributed by atoms with Crippen LogP contribution in [0.2, 0.25) is 0 Å². The molecule has 3 rings (SSSR count). The van der Waals surface area contributed by atoms with Gasteiger partial charge in [-0.25, -0.2) is 15.0 Å². The van der Waals surface area contributed by atoms with E-state index in [9.17, 15) is 4.79 Å². The van der Waals surface area contributed by atoms with Crippen LogP contribution in [0.3, 0.4) is 0 Å².